The molecular formula is C23H20N2O3. The molecule has 0 aromatic heterocycles. The van der Waals surface area contributed by atoms with E-state index in [1.165, 1.54) is 4.90 Å². The molecule has 28 heavy (non-hydrogen) atoms. The summed E-state index contributed by atoms with van der Waals surface area (Å²) in [4.78, 5) is 27.6. The average Bonchev–Trinajstić information content (AvgIpc) is 2.91. The van der Waals surface area contributed by atoms with Gasteiger partial charge in [0.05, 0.1) is 18.7 Å². The largest absolute Gasteiger partial charge is 0.399 e. The zero-order valence-corrected chi connectivity index (χ0v) is 15.2. The maximum Gasteiger partial charge on any atom is 0.264 e. The van der Waals surface area contributed by atoms with Crippen molar-refractivity contribution in [1.29, 1.82) is 0 Å². The van der Waals surface area contributed by atoms with E-state index in [4.69, 9.17) is 5.73 Å². The molecule has 3 aromatic rings. The molecular weight excluding hydrogens is 352 g/mol. The predicted molar refractivity (Wildman–Crippen MR) is 108 cm³/mol. The van der Waals surface area contributed by atoms with Crippen LogP contribution in [0.1, 0.15) is 27.9 Å². The Balaban J connectivity index is 1.68. The minimum Gasteiger partial charge on any atom is -0.399 e. The molecule has 1 aliphatic heterocycles. The maximum absolute atomic E-state index is 13.2. The molecule has 0 unspecified atom stereocenters. The first-order chi connectivity index (χ1) is 13.5. The monoisotopic (exact) mass is 372 g/mol. The Hall–Kier alpha value is -3.44. The highest BCUT2D eigenvalue weighted by atomic mass is 16.3. The van der Waals surface area contributed by atoms with Crippen molar-refractivity contribution in [3.05, 3.63) is 95.6 Å². The van der Waals surface area contributed by atoms with Crippen LogP contribution in [-0.4, -0.2) is 16.8 Å². The van der Waals surface area contributed by atoms with Crippen molar-refractivity contribution in [3.63, 3.8) is 0 Å². The molecule has 1 atom stereocenters. The van der Waals surface area contributed by atoms with Gasteiger partial charge in [0, 0.05) is 16.8 Å². The summed E-state index contributed by atoms with van der Waals surface area (Å²) in [6.45, 7) is 0.325. The first-order valence-corrected chi connectivity index (χ1v) is 9.05. The lowest BCUT2D eigenvalue weighted by atomic mass is 9.88. The Bertz CT molecular complexity index is 1050. The number of fused-ring (bicyclic) bond motifs is 1. The third-order valence-corrected chi connectivity index (χ3v) is 5.05. The molecule has 3 aromatic carbocycles. The summed E-state index contributed by atoms with van der Waals surface area (Å²) >= 11 is 0. The second-order valence-electron chi connectivity index (χ2n) is 6.98. The second kappa shape index (κ2) is 6.94. The summed E-state index contributed by atoms with van der Waals surface area (Å²) in [6, 6.07) is 23.2. The van der Waals surface area contributed by atoms with Gasteiger partial charge in [-0.05, 0) is 23.8 Å². The molecule has 1 heterocycles. The number of benzene rings is 3. The minimum atomic E-state index is -1.90. The zero-order chi connectivity index (χ0) is 19.7. The summed E-state index contributed by atoms with van der Waals surface area (Å²) in [6.07, 6.45) is -0.336. The van der Waals surface area contributed by atoms with Crippen molar-refractivity contribution in [2.75, 3.05) is 10.6 Å². The zero-order valence-electron chi connectivity index (χ0n) is 15.2. The lowest BCUT2D eigenvalue weighted by molar-refractivity contribution is -0.136. The van der Waals surface area contributed by atoms with Crippen molar-refractivity contribution in [2.24, 2.45) is 0 Å². The van der Waals surface area contributed by atoms with Gasteiger partial charge in [0.25, 0.3) is 5.91 Å². The summed E-state index contributed by atoms with van der Waals surface area (Å²) in [5, 5.41) is 11.3. The van der Waals surface area contributed by atoms with Crippen molar-refractivity contribution in [1.82, 2.24) is 0 Å². The number of nitrogens with zero attached hydrogens (tertiary/aromatic N) is 1. The summed E-state index contributed by atoms with van der Waals surface area (Å²) in [7, 11) is 0. The molecule has 0 spiro atoms. The average molecular weight is 372 g/mol. The number of ketones is 1. The van der Waals surface area contributed by atoms with Crippen LogP contribution in [0.15, 0.2) is 78.9 Å². The predicted octanol–water partition coefficient (Wildman–Crippen LogP) is 3.28. The first kappa shape index (κ1) is 17.9. The van der Waals surface area contributed by atoms with Crippen LogP contribution in [0.25, 0.3) is 0 Å². The van der Waals surface area contributed by atoms with Crippen LogP contribution in [0.5, 0.6) is 0 Å². The molecule has 140 valence electrons. The minimum absolute atomic E-state index is 0.325. The van der Waals surface area contributed by atoms with Gasteiger partial charge in [-0.25, -0.2) is 0 Å². The van der Waals surface area contributed by atoms with Gasteiger partial charge in [-0.1, -0.05) is 60.7 Å². The van der Waals surface area contributed by atoms with E-state index in [0.29, 0.717) is 29.0 Å². The van der Waals surface area contributed by atoms with E-state index in [-0.39, 0.29) is 12.2 Å². The van der Waals surface area contributed by atoms with Crippen LogP contribution in [0.4, 0.5) is 11.4 Å². The van der Waals surface area contributed by atoms with E-state index in [9.17, 15) is 14.7 Å². The van der Waals surface area contributed by atoms with Crippen LogP contribution in [-0.2, 0) is 16.9 Å². The Labute approximate surface area is 163 Å². The van der Waals surface area contributed by atoms with E-state index in [0.717, 1.165) is 5.56 Å². The third kappa shape index (κ3) is 3.06. The van der Waals surface area contributed by atoms with Crippen molar-refractivity contribution >= 4 is 23.1 Å². The van der Waals surface area contributed by atoms with E-state index < -0.39 is 11.5 Å². The molecule has 3 N–H and O–H groups in total. The van der Waals surface area contributed by atoms with E-state index in [1.54, 1.807) is 42.5 Å². The fraction of sp³-hybridized carbons (Fsp3) is 0.130. The molecule has 5 nitrogen and oxygen atoms in total. The summed E-state index contributed by atoms with van der Waals surface area (Å²) in [5.74, 6) is -0.825. The molecule has 1 amide bonds. The Morgan fingerprint density at radius 1 is 0.964 bits per heavy atom. The lowest BCUT2D eigenvalue weighted by Crippen LogP contribution is -2.41. The highest BCUT2D eigenvalue weighted by molar-refractivity contribution is 6.10. The number of nitrogens with two attached hydrogens (primary N) is 1. The molecule has 0 bridgehead atoms. The van der Waals surface area contributed by atoms with Gasteiger partial charge in [-0.3, -0.25) is 9.59 Å². The highest BCUT2D eigenvalue weighted by Gasteiger charge is 2.50. The summed E-state index contributed by atoms with van der Waals surface area (Å²) < 4.78 is 0. The molecule has 0 saturated carbocycles. The molecule has 0 saturated heterocycles. The van der Waals surface area contributed by atoms with Crippen LogP contribution >= 0.6 is 0 Å². The number of hydrogen-bond acceptors (Lipinski definition) is 4. The Kier molecular flexibility index (Phi) is 4.45. The Morgan fingerprint density at radius 2 is 1.68 bits per heavy atom. The number of carbonyl (C=O) groups is 2. The molecule has 4 rings (SSSR count). The number of Topliss-reactive ketones (excluding diaryl/α,β-unsaturated/α-hetero) is 1. The fourth-order valence-electron chi connectivity index (χ4n) is 3.65. The van der Waals surface area contributed by atoms with Gasteiger partial charge in [-0.15, -0.1) is 0 Å². The number of aliphatic hydroxyl groups is 1. The molecule has 1 aliphatic rings. The maximum atomic E-state index is 13.2. The van der Waals surface area contributed by atoms with Gasteiger partial charge in [-0.2, -0.15) is 0 Å². The van der Waals surface area contributed by atoms with E-state index in [2.05, 4.69) is 0 Å². The number of nitrogen functional groups attached to an aromatic ring is 1. The van der Waals surface area contributed by atoms with Gasteiger partial charge < -0.3 is 15.7 Å². The van der Waals surface area contributed by atoms with Crippen molar-refractivity contribution < 1.29 is 14.7 Å². The number of anilines is 2. The topological polar surface area (TPSA) is 83.6 Å². The van der Waals surface area contributed by atoms with Gasteiger partial charge in [0.2, 0.25) is 0 Å². The van der Waals surface area contributed by atoms with Crippen LogP contribution in [0.3, 0.4) is 0 Å². The first-order valence-electron chi connectivity index (χ1n) is 9.05. The van der Waals surface area contributed by atoms with Gasteiger partial charge in [0.15, 0.2) is 11.4 Å². The standard InChI is InChI=1S/C23H20N2O3/c24-18-10-6-9-17(13-18)21(26)14-23(28)19-11-4-5-12-20(19)25(22(23)27)15-16-7-2-1-3-8-16/h1-13,28H,14-15,24H2/t23-/m0/s1. The lowest BCUT2D eigenvalue weighted by Gasteiger charge is -2.23. The molecule has 0 fully saturated rings. The highest BCUT2D eigenvalue weighted by Crippen LogP contribution is 2.43. The number of para-hydroxylation sites is 1. The number of amides is 1. The smallest absolute Gasteiger partial charge is 0.264 e. The number of rotatable bonds is 5. The van der Waals surface area contributed by atoms with Gasteiger partial charge >= 0.3 is 0 Å². The molecule has 5 heteroatoms. The van der Waals surface area contributed by atoms with Crippen LogP contribution in [0, 0.1) is 0 Å². The Morgan fingerprint density at radius 3 is 2.43 bits per heavy atom. The normalized spacial score (nSPS) is 18.2. The summed E-state index contributed by atoms with van der Waals surface area (Å²) in [5.41, 5.74) is 6.72. The number of carbonyl (C=O) groups excluding carboxylic acids is 2. The third-order valence-electron chi connectivity index (χ3n) is 5.05. The van der Waals surface area contributed by atoms with Crippen molar-refractivity contribution in [3.8, 4) is 0 Å². The SMILES string of the molecule is Nc1cccc(C(=O)C[C@@]2(O)C(=O)N(Cc3ccccc3)c3ccccc32)c1. The fourth-order valence-corrected chi connectivity index (χ4v) is 3.65. The van der Waals surface area contributed by atoms with E-state index >= 15 is 0 Å². The molecule has 0 radical (unpaired) electrons. The second-order valence-corrected chi connectivity index (χ2v) is 6.98. The quantitative estimate of drug-likeness (QED) is 0.532. The molecule has 0 aliphatic carbocycles. The van der Waals surface area contributed by atoms with Crippen molar-refractivity contribution in [2.45, 2.75) is 18.6 Å². The van der Waals surface area contributed by atoms with Gasteiger partial charge in [0.1, 0.15) is 0 Å². The van der Waals surface area contributed by atoms with E-state index in [1.807, 2.05) is 36.4 Å². The van der Waals surface area contributed by atoms with Crippen LogP contribution in [0.2, 0.25) is 0 Å². The number of hydrogen-bond donors (Lipinski definition) is 2. The van der Waals surface area contributed by atoms with Crippen LogP contribution < -0.4 is 10.6 Å².